The molecule has 1 unspecified atom stereocenters. The Labute approximate surface area is 131 Å². The summed E-state index contributed by atoms with van der Waals surface area (Å²) in [6.07, 6.45) is 0. The lowest BCUT2D eigenvalue weighted by Crippen LogP contribution is -2.22. The van der Waals surface area contributed by atoms with E-state index in [0.29, 0.717) is 10.0 Å². The molecule has 0 aliphatic rings. The lowest BCUT2D eigenvalue weighted by Gasteiger charge is -2.28. The second-order valence-corrected chi connectivity index (χ2v) is 5.63. The van der Waals surface area contributed by atoms with Crippen LogP contribution >= 0.6 is 15.9 Å². The number of halogens is 2. The van der Waals surface area contributed by atoms with Crippen LogP contribution in [-0.2, 0) is 0 Å². The number of carbonyl (C=O) groups is 1. The van der Waals surface area contributed by atoms with Gasteiger partial charge in [0.15, 0.2) is 0 Å². The fraction of sp³-hybridized carbons (Fsp3) is 0.188. The van der Waals surface area contributed by atoms with Gasteiger partial charge in [-0.15, -0.1) is 0 Å². The zero-order valence-corrected chi connectivity index (χ0v) is 13.3. The number of rotatable bonds is 4. The van der Waals surface area contributed by atoms with E-state index >= 15 is 0 Å². The van der Waals surface area contributed by atoms with Crippen LogP contribution in [0.5, 0.6) is 0 Å². The third-order valence-electron chi connectivity index (χ3n) is 3.53. The van der Waals surface area contributed by atoms with Gasteiger partial charge in [0.05, 0.1) is 11.6 Å². The Morgan fingerprint density at radius 1 is 1.29 bits per heavy atom. The Morgan fingerprint density at radius 3 is 2.52 bits per heavy atom. The molecule has 5 heteroatoms. The Morgan fingerprint density at radius 2 is 1.95 bits per heavy atom. The summed E-state index contributed by atoms with van der Waals surface area (Å²) in [5.41, 5.74) is 1.60. The first-order valence-electron chi connectivity index (χ1n) is 6.42. The number of nitrogens with zero attached hydrogens (tertiary/aromatic N) is 1. The molecular formula is C16H15BrFNO2. The molecule has 0 heterocycles. The lowest BCUT2D eigenvalue weighted by molar-refractivity contribution is 0.0696. The van der Waals surface area contributed by atoms with Crippen LogP contribution in [0.25, 0.3) is 0 Å². The van der Waals surface area contributed by atoms with Crippen molar-refractivity contribution in [1.82, 2.24) is 0 Å². The largest absolute Gasteiger partial charge is 0.478 e. The summed E-state index contributed by atoms with van der Waals surface area (Å²) in [7, 11) is 1.85. The van der Waals surface area contributed by atoms with Crippen molar-refractivity contribution in [3.63, 3.8) is 0 Å². The topological polar surface area (TPSA) is 40.5 Å². The summed E-state index contributed by atoms with van der Waals surface area (Å²) in [6, 6.07) is 11.4. The summed E-state index contributed by atoms with van der Waals surface area (Å²) in [5.74, 6) is -1.24. The Kier molecular flexibility index (Phi) is 4.63. The zero-order valence-electron chi connectivity index (χ0n) is 11.7. The van der Waals surface area contributed by atoms with Crippen molar-refractivity contribution in [2.24, 2.45) is 0 Å². The highest BCUT2D eigenvalue weighted by Crippen LogP contribution is 2.30. The highest BCUT2D eigenvalue weighted by Gasteiger charge is 2.17. The smallest absolute Gasteiger partial charge is 0.336 e. The van der Waals surface area contributed by atoms with Gasteiger partial charge in [-0.1, -0.05) is 18.2 Å². The predicted octanol–water partition coefficient (Wildman–Crippen LogP) is 4.48. The van der Waals surface area contributed by atoms with Crippen molar-refractivity contribution in [1.29, 1.82) is 0 Å². The highest BCUT2D eigenvalue weighted by molar-refractivity contribution is 9.10. The van der Waals surface area contributed by atoms with Crippen LogP contribution in [-0.4, -0.2) is 18.1 Å². The average Bonchev–Trinajstić information content (AvgIpc) is 2.45. The number of carboxylic acids is 1. The summed E-state index contributed by atoms with van der Waals surface area (Å²) in [6.45, 7) is 1.90. The van der Waals surface area contributed by atoms with Crippen LogP contribution in [0.2, 0.25) is 0 Å². The molecule has 0 aliphatic heterocycles. The van der Waals surface area contributed by atoms with Crippen molar-refractivity contribution in [2.45, 2.75) is 13.0 Å². The number of aromatic carboxylic acids is 1. The molecule has 21 heavy (non-hydrogen) atoms. The van der Waals surface area contributed by atoms with Crippen LogP contribution < -0.4 is 4.90 Å². The van der Waals surface area contributed by atoms with Crippen LogP contribution in [0.1, 0.15) is 28.9 Å². The molecule has 0 aromatic heterocycles. The Balaban J connectivity index is 2.32. The number of hydrogen-bond donors (Lipinski definition) is 1. The van der Waals surface area contributed by atoms with Gasteiger partial charge >= 0.3 is 5.97 Å². The molecule has 1 N–H and O–H groups in total. The van der Waals surface area contributed by atoms with Gasteiger partial charge in [0.25, 0.3) is 0 Å². The van der Waals surface area contributed by atoms with Crippen molar-refractivity contribution in [3.8, 4) is 0 Å². The van der Waals surface area contributed by atoms with Gasteiger partial charge in [-0.3, -0.25) is 0 Å². The first-order valence-corrected chi connectivity index (χ1v) is 7.21. The van der Waals surface area contributed by atoms with E-state index in [0.717, 1.165) is 5.69 Å². The zero-order chi connectivity index (χ0) is 15.6. The second-order valence-electron chi connectivity index (χ2n) is 4.78. The SMILES string of the molecule is CC(c1ccccc1F)N(C)c1ccc(C(=O)O)c(Br)c1. The van der Waals surface area contributed by atoms with Gasteiger partial charge < -0.3 is 10.0 Å². The molecule has 0 aliphatic carbocycles. The summed E-state index contributed by atoms with van der Waals surface area (Å²) in [5, 5.41) is 9.03. The van der Waals surface area contributed by atoms with Gasteiger partial charge in [0.1, 0.15) is 5.82 Å². The molecule has 0 fully saturated rings. The Bertz CT molecular complexity index is 675. The molecule has 0 bridgehead atoms. The van der Waals surface area contributed by atoms with Crippen LogP contribution in [0.15, 0.2) is 46.9 Å². The predicted molar refractivity (Wildman–Crippen MR) is 84.3 cm³/mol. The van der Waals surface area contributed by atoms with Crippen molar-refractivity contribution >= 4 is 27.6 Å². The summed E-state index contributed by atoms with van der Waals surface area (Å²) < 4.78 is 14.4. The molecule has 0 amide bonds. The van der Waals surface area contributed by atoms with Crippen LogP contribution in [0.4, 0.5) is 10.1 Å². The Hall–Kier alpha value is -1.88. The third-order valence-corrected chi connectivity index (χ3v) is 4.18. The van der Waals surface area contributed by atoms with Gasteiger partial charge in [0, 0.05) is 22.8 Å². The number of carboxylic acid groups (broad SMARTS) is 1. The molecule has 3 nitrogen and oxygen atoms in total. The minimum atomic E-state index is -0.988. The molecule has 0 radical (unpaired) electrons. The minimum Gasteiger partial charge on any atom is -0.478 e. The molecule has 110 valence electrons. The quantitative estimate of drug-likeness (QED) is 0.882. The van der Waals surface area contributed by atoms with E-state index < -0.39 is 5.97 Å². The minimum absolute atomic E-state index is 0.172. The van der Waals surface area contributed by atoms with Gasteiger partial charge in [0.2, 0.25) is 0 Å². The van der Waals surface area contributed by atoms with E-state index in [1.165, 1.54) is 12.1 Å². The van der Waals surface area contributed by atoms with Crippen molar-refractivity contribution in [3.05, 3.63) is 63.9 Å². The van der Waals surface area contributed by atoms with Crippen molar-refractivity contribution in [2.75, 3.05) is 11.9 Å². The average molecular weight is 352 g/mol. The number of benzene rings is 2. The molecule has 0 saturated carbocycles. The molecule has 2 aromatic rings. The van der Waals surface area contributed by atoms with E-state index in [2.05, 4.69) is 15.9 Å². The molecular weight excluding hydrogens is 337 g/mol. The highest BCUT2D eigenvalue weighted by atomic mass is 79.9. The van der Waals surface area contributed by atoms with E-state index in [9.17, 15) is 9.18 Å². The third kappa shape index (κ3) is 3.24. The summed E-state index contributed by atoms with van der Waals surface area (Å²) in [4.78, 5) is 12.9. The van der Waals surface area contributed by atoms with E-state index in [4.69, 9.17) is 5.11 Å². The first kappa shape index (κ1) is 15.5. The van der Waals surface area contributed by atoms with Crippen molar-refractivity contribution < 1.29 is 14.3 Å². The van der Waals surface area contributed by atoms with Crippen LogP contribution in [0, 0.1) is 5.82 Å². The molecule has 1 atom stereocenters. The van der Waals surface area contributed by atoms with Crippen LogP contribution in [0.3, 0.4) is 0 Å². The van der Waals surface area contributed by atoms with E-state index in [1.807, 2.05) is 18.9 Å². The normalized spacial score (nSPS) is 12.0. The van der Waals surface area contributed by atoms with E-state index in [1.54, 1.807) is 30.3 Å². The van der Waals surface area contributed by atoms with Gasteiger partial charge in [-0.05, 0) is 47.1 Å². The standard InChI is InChI=1S/C16H15BrFNO2/c1-10(12-5-3-4-6-15(12)18)19(2)11-7-8-13(16(20)21)14(17)9-11/h3-10H,1-2H3,(H,20,21). The van der Waals surface area contributed by atoms with E-state index in [-0.39, 0.29) is 17.4 Å². The maximum Gasteiger partial charge on any atom is 0.336 e. The number of anilines is 1. The van der Waals surface area contributed by atoms with Gasteiger partial charge in [-0.2, -0.15) is 0 Å². The monoisotopic (exact) mass is 351 g/mol. The summed E-state index contributed by atoms with van der Waals surface area (Å²) >= 11 is 3.25. The molecule has 2 rings (SSSR count). The number of hydrogen-bond acceptors (Lipinski definition) is 2. The molecule has 2 aromatic carbocycles. The fourth-order valence-electron chi connectivity index (χ4n) is 2.14. The maximum absolute atomic E-state index is 13.9. The fourth-order valence-corrected chi connectivity index (χ4v) is 2.68. The van der Waals surface area contributed by atoms with Gasteiger partial charge in [-0.25, -0.2) is 9.18 Å². The molecule has 0 spiro atoms. The lowest BCUT2D eigenvalue weighted by atomic mass is 10.1. The second kappa shape index (κ2) is 6.26. The first-order chi connectivity index (χ1) is 9.91. The maximum atomic E-state index is 13.9. The molecule has 0 saturated heterocycles.